The minimum absolute atomic E-state index is 0.104. The number of carboxylic acid groups (broad SMARTS) is 1. The number of aliphatic carboxylic acids is 1. The van der Waals surface area contributed by atoms with Gasteiger partial charge in [-0.3, -0.25) is 9.59 Å². The molecule has 0 spiro atoms. The number of fused-ring (bicyclic) bond motifs is 2. The number of aliphatic hydroxyl groups is 1. The molecule has 38 heavy (non-hydrogen) atoms. The Balaban J connectivity index is 1.91. The lowest BCUT2D eigenvalue weighted by atomic mass is 9.74. The normalized spacial score (nSPS) is 22.7. The molecule has 1 aromatic carbocycles. The topological polar surface area (TPSA) is 95.9 Å². The molecule has 1 aliphatic heterocycles. The van der Waals surface area contributed by atoms with E-state index in [2.05, 4.69) is 50.4 Å². The number of nitrogens with one attached hydrogen (secondary N) is 1. The van der Waals surface area contributed by atoms with Gasteiger partial charge >= 0.3 is 5.97 Å². The predicted molar refractivity (Wildman–Crippen MR) is 154 cm³/mol. The highest BCUT2D eigenvalue weighted by Gasteiger charge is 2.38. The van der Waals surface area contributed by atoms with Crippen molar-refractivity contribution in [1.82, 2.24) is 5.32 Å². The summed E-state index contributed by atoms with van der Waals surface area (Å²) in [6, 6.07) is 6.40. The minimum atomic E-state index is -1.05. The second-order valence-corrected chi connectivity index (χ2v) is 12.7. The van der Waals surface area contributed by atoms with Crippen LogP contribution in [0, 0.1) is 18.3 Å². The number of amides is 1. The molecule has 1 aliphatic carbocycles. The Morgan fingerprint density at radius 2 is 1.89 bits per heavy atom. The molecule has 3 rings (SSSR count). The average molecular weight is 542 g/mol. The van der Waals surface area contributed by atoms with Crippen molar-refractivity contribution in [3.8, 4) is 5.75 Å². The summed E-state index contributed by atoms with van der Waals surface area (Å²) in [4.78, 5) is 24.9. The number of aliphatic hydroxyl groups excluding tert-OH is 1. The Morgan fingerprint density at radius 3 is 2.50 bits per heavy atom. The van der Waals surface area contributed by atoms with Crippen LogP contribution in [-0.2, 0) is 15.0 Å². The maximum absolute atomic E-state index is 12.6. The molecule has 3 unspecified atom stereocenters. The lowest BCUT2D eigenvalue weighted by molar-refractivity contribution is -0.137. The molecule has 3 N–H and O–H groups in total. The number of hydrogen-bond acceptors (Lipinski definition) is 5. The van der Waals surface area contributed by atoms with Crippen LogP contribution in [-0.4, -0.2) is 46.6 Å². The van der Waals surface area contributed by atoms with E-state index in [0.717, 1.165) is 30.6 Å². The van der Waals surface area contributed by atoms with Gasteiger partial charge < -0.3 is 20.3 Å². The van der Waals surface area contributed by atoms with E-state index < -0.39 is 12.1 Å². The van der Waals surface area contributed by atoms with E-state index in [1.807, 2.05) is 50.8 Å². The summed E-state index contributed by atoms with van der Waals surface area (Å²) in [6.07, 6.45) is 11.3. The summed E-state index contributed by atoms with van der Waals surface area (Å²) >= 11 is 1.91. The van der Waals surface area contributed by atoms with Crippen LogP contribution >= 0.6 is 11.8 Å². The summed E-state index contributed by atoms with van der Waals surface area (Å²) in [5.74, 6) is -0.476. The van der Waals surface area contributed by atoms with Crippen LogP contribution in [0.4, 0.5) is 0 Å². The highest BCUT2D eigenvalue weighted by atomic mass is 32.2. The molecule has 0 saturated carbocycles. The fourth-order valence-electron chi connectivity index (χ4n) is 5.08. The van der Waals surface area contributed by atoms with E-state index in [4.69, 9.17) is 9.84 Å². The molecule has 0 aromatic heterocycles. The molecule has 0 fully saturated rings. The van der Waals surface area contributed by atoms with Gasteiger partial charge in [0.05, 0.1) is 6.10 Å². The molecule has 2 bridgehead atoms. The van der Waals surface area contributed by atoms with Crippen molar-refractivity contribution in [3.05, 3.63) is 64.1 Å². The molecule has 208 valence electrons. The predicted octanol–water partition coefficient (Wildman–Crippen LogP) is 5.93. The molecule has 3 atom stereocenters. The van der Waals surface area contributed by atoms with Crippen molar-refractivity contribution in [2.75, 3.05) is 13.2 Å². The lowest BCUT2D eigenvalue weighted by Gasteiger charge is -2.40. The number of carbonyl (C=O) groups excluding carboxylic acids is 1. The first-order chi connectivity index (χ1) is 17.9. The van der Waals surface area contributed by atoms with Crippen LogP contribution in [0.15, 0.2) is 53.0 Å². The molecule has 1 heterocycles. The number of carbonyl (C=O) groups is 2. The Kier molecular flexibility index (Phi) is 9.93. The highest BCUT2D eigenvalue weighted by molar-refractivity contribution is 8.03. The maximum atomic E-state index is 12.6. The SMILES string of the molecule is CCC(CC)(C1=CC2/C=C(/C(=O)NCC(=O)O)C/C=C\C(C2)S1)c1ccc(OCC(O)C(C)(C)C)c(C)c1. The minimum Gasteiger partial charge on any atom is -0.491 e. The van der Waals surface area contributed by atoms with Gasteiger partial charge in [0, 0.05) is 16.2 Å². The number of thioether (sulfide) groups is 1. The fourth-order valence-corrected chi connectivity index (χ4v) is 6.80. The Morgan fingerprint density at radius 1 is 1.18 bits per heavy atom. The van der Waals surface area contributed by atoms with Gasteiger partial charge in [0.15, 0.2) is 0 Å². The number of aryl methyl sites for hydroxylation is 1. The highest BCUT2D eigenvalue weighted by Crippen LogP contribution is 2.50. The average Bonchev–Trinajstić information content (AvgIpc) is 2.85. The van der Waals surface area contributed by atoms with Gasteiger partial charge in [0.25, 0.3) is 0 Å². The van der Waals surface area contributed by atoms with Crippen molar-refractivity contribution < 1.29 is 24.5 Å². The van der Waals surface area contributed by atoms with Gasteiger partial charge in [0.2, 0.25) is 5.91 Å². The number of allylic oxidation sites excluding steroid dienone is 4. The van der Waals surface area contributed by atoms with Crippen LogP contribution in [0.25, 0.3) is 0 Å². The summed E-state index contributed by atoms with van der Waals surface area (Å²) in [7, 11) is 0. The van der Waals surface area contributed by atoms with Gasteiger partial charge in [-0.15, -0.1) is 11.8 Å². The lowest BCUT2D eigenvalue weighted by Crippen LogP contribution is -2.32. The van der Waals surface area contributed by atoms with E-state index in [1.54, 1.807) is 0 Å². The quantitative estimate of drug-likeness (QED) is 0.318. The summed E-state index contributed by atoms with van der Waals surface area (Å²) in [5.41, 5.74) is 2.49. The first-order valence-corrected chi connectivity index (χ1v) is 14.5. The molecule has 7 heteroatoms. The van der Waals surface area contributed by atoms with Crippen LogP contribution in [0.2, 0.25) is 0 Å². The van der Waals surface area contributed by atoms with E-state index >= 15 is 0 Å². The number of rotatable bonds is 10. The van der Waals surface area contributed by atoms with Crippen molar-refractivity contribution in [3.63, 3.8) is 0 Å². The van der Waals surface area contributed by atoms with Crippen molar-refractivity contribution in [2.24, 2.45) is 11.3 Å². The number of benzene rings is 1. The van der Waals surface area contributed by atoms with Crippen molar-refractivity contribution >= 4 is 23.6 Å². The fraction of sp³-hybridized carbons (Fsp3) is 0.548. The third-order valence-corrected chi connectivity index (χ3v) is 9.18. The number of hydrogen-bond donors (Lipinski definition) is 3. The zero-order valence-electron chi connectivity index (χ0n) is 23.5. The third-order valence-electron chi connectivity index (χ3n) is 7.75. The molecule has 6 nitrogen and oxygen atoms in total. The maximum Gasteiger partial charge on any atom is 0.322 e. The summed E-state index contributed by atoms with van der Waals surface area (Å²) in [6.45, 7) is 12.4. The Bertz CT molecular complexity index is 1110. The smallest absolute Gasteiger partial charge is 0.322 e. The second-order valence-electron chi connectivity index (χ2n) is 11.4. The van der Waals surface area contributed by atoms with Gasteiger partial charge in [-0.1, -0.05) is 71.1 Å². The Labute approximate surface area is 231 Å². The summed E-state index contributed by atoms with van der Waals surface area (Å²) < 4.78 is 6.00. The third kappa shape index (κ3) is 7.11. The van der Waals surface area contributed by atoms with Crippen LogP contribution in [0.5, 0.6) is 5.75 Å². The first kappa shape index (κ1) is 30.0. The van der Waals surface area contributed by atoms with E-state index in [1.165, 1.54) is 10.5 Å². The molecule has 2 aliphatic rings. The standard InChI is InChI=1S/C31H43NO5S/c1-7-31(8-2,23-12-13-25(20(3)14-23)37-19-26(33)30(4,5)6)27-17-21-15-22(29(36)32-18-28(34)35)10-9-11-24(16-21)38-27/h9,11-15,17,21,24,26,33H,7-8,10,16,18-19H2,1-6H3,(H,32,36)(H,34,35)/b11-9-,22-15+. The molecule has 1 aromatic rings. The van der Waals surface area contributed by atoms with Crippen LogP contribution < -0.4 is 10.1 Å². The first-order valence-electron chi connectivity index (χ1n) is 13.6. The molecule has 0 radical (unpaired) electrons. The van der Waals surface area contributed by atoms with E-state index in [-0.39, 0.29) is 35.8 Å². The molecular weight excluding hydrogens is 498 g/mol. The molecular formula is C31H43NO5S. The van der Waals surface area contributed by atoms with Crippen LogP contribution in [0.1, 0.15) is 71.4 Å². The van der Waals surface area contributed by atoms with Gasteiger partial charge in [-0.25, -0.2) is 0 Å². The zero-order valence-corrected chi connectivity index (χ0v) is 24.4. The van der Waals surface area contributed by atoms with Crippen molar-refractivity contribution in [1.29, 1.82) is 0 Å². The van der Waals surface area contributed by atoms with Gasteiger partial charge in [-0.05, 0) is 66.0 Å². The second kappa shape index (κ2) is 12.6. The molecule has 0 saturated heterocycles. The van der Waals surface area contributed by atoms with E-state index in [0.29, 0.717) is 17.2 Å². The van der Waals surface area contributed by atoms with Crippen LogP contribution in [0.3, 0.4) is 0 Å². The summed E-state index contributed by atoms with van der Waals surface area (Å²) in [5, 5.41) is 22.2. The monoisotopic (exact) mass is 541 g/mol. The van der Waals surface area contributed by atoms with Gasteiger partial charge in [-0.2, -0.15) is 0 Å². The molecule has 1 amide bonds. The largest absolute Gasteiger partial charge is 0.491 e. The van der Waals surface area contributed by atoms with Crippen molar-refractivity contribution in [2.45, 2.75) is 84.0 Å². The number of carboxylic acids is 1. The number of ether oxygens (including phenoxy) is 1. The Hall–Kier alpha value is -2.51. The van der Waals surface area contributed by atoms with E-state index in [9.17, 15) is 14.7 Å². The zero-order chi connectivity index (χ0) is 28.1. The van der Waals surface area contributed by atoms with Gasteiger partial charge in [0.1, 0.15) is 18.9 Å².